The minimum atomic E-state index is -4.01. The first-order valence-electron chi connectivity index (χ1n) is 5.82. The molecular weight excluding hydrogens is 286 g/mol. The van der Waals surface area contributed by atoms with Crippen molar-refractivity contribution in [2.24, 2.45) is 0 Å². The van der Waals surface area contributed by atoms with E-state index in [0.717, 1.165) is 7.11 Å². The second-order valence-corrected chi connectivity index (χ2v) is 5.80. The second kappa shape index (κ2) is 5.59. The predicted octanol–water partition coefficient (Wildman–Crippen LogP) is 0.0670. The molecule has 8 heteroatoms. The standard InChI is InChI=1S/C12H13NO6S/c1-18-11(14)8-4-2-3-5-10(8)20(16,17)13-9-6-7-19-12(9)15/h2-5,9,13H,6-7H2,1H3. The van der Waals surface area contributed by atoms with Gasteiger partial charge in [0, 0.05) is 6.42 Å². The summed E-state index contributed by atoms with van der Waals surface area (Å²) in [7, 11) is -2.85. The molecule has 0 saturated carbocycles. The smallest absolute Gasteiger partial charge is 0.339 e. The molecular formula is C12H13NO6S. The summed E-state index contributed by atoms with van der Waals surface area (Å²) in [5, 5.41) is 0. The molecule has 0 spiro atoms. The van der Waals surface area contributed by atoms with Crippen molar-refractivity contribution in [3.63, 3.8) is 0 Å². The summed E-state index contributed by atoms with van der Waals surface area (Å²) in [4.78, 5) is 22.7. The first-order valence-corrected chi connectivity index (χ1v) is 7.30. The van der Waals surface area contributed by atoms with E-state index in [0.29, 0.717) is 0 Å². The Morgan fingerprint density at radius 2 is 2.10 bits per heavy atom. The fourth-order valence-corrected chi connectivity index (χ4v) is 3.25. The molecule has 0 aliphatic carbocycles. The molecule has 0 radical (unpaired) electrons. The van der Waals surface area contributed by atoms with E-state index in [1.165, 1.54) is 24.3 Å². The number of nitrogens with one attached hydrogen (secondary N) is 1. The van der Waals surface area contributed by atoms with Crippen molar-refractivity contribution in [3.8, 4) is 0 Å². The van der Waals surface area contributed by atoms with Gasteiger partial charge < -0.3 is 9.47 Å². The van der Waals surface area contributed by atoms with Crippen LogP contribution in [-0.2, 0) is 24.3 Å². The quantitative estimate of drug-likeness (QED) is 0.790. The minimum absolute atomic E-state index is 0.0890. The Labute approximate surface area is 115 Å². The number of carbonyl (C=O) groups excluding carboxylic acids is 2. The number of sulfonamides is 1. The lowest BCUT2D eigenvalue weighted by Crippen LogP contribution is -2.38. The van der Waals surface area contributed by atoms with Gasteiger partial charge in [0.1, 0.15) is 6.04 Å². The van der Waals surface area contributed by atoms with E-state index in [9.17, 15) is 18.0 Å². The average molecular weight is 299 g/mol. The van der Waals surface area contributed by atoms with Crippen molar-refractivity contribution < 1.29 is 27.5 Å². The Bertz CT molecular complexity index is 639. The van der Waals surface area contributed by atoms with Gasteiger partial charge in [0.05, 0.1) is 24.2 Å². The van der Waals surface area contributed by atoms with Gasteiger partial charge in [-0.15, -0.1) is 0 Å². The number of benzene rings is 1. The van der Waals surface area contributed by atoms with E-state index in [-0.39, 0.29) is 23.5 Å². The molecule has 20 heavy (non-hydrogen) atoms. The van der Waals surface area contributed by atoms with Crippen molar-refractivity contribution in [2.45, 2.75) is 17.4 Å². The first kappa shape index (κ1) is 14.5. The van der Waals surface area contributed by atoms with Crippen molar-refractivity contribution in [1.29, 1.82) is 0 Å². The van der Waals surface area contributed by atoms with Crippen LogP contribution in [0.25, 0.3) is 0 Å². The first-order chi connectivity index (χ1) is 9.45. The maximum absolute atomic E-state index is 12.2. The molecule has 1 N–H and O–H groups in total. The number of rotatable bonds is 4. The van der Waals surface area contributed by atoms with Crippen LogP contribution in [0.1, 0.15) is 16.8 Å². The van der Waals surface area contributed by atoms with Crippen molar-refractivity contribution >= 4 is 22.0 Å². The van der Waals surface area contributed by atoms with Crippen LogP contribution >= 0.6 is 0 Å². The Morgan fingerprint density at radius 3 is 2.70 bits per heavy atom. The lowest BCUT2D eigenvalue weighted by Gasteiger charge is -2.12. The third-order valence-electron chi connectivity index (χ3n) is 2.81. The topological polar surface area (TPSA) is 98.8 Å². The van der Waals surface area contributed by atoms with Crippen LogP contribution in [0.15, 0.2) is 29.2 Å². The zero-order valence-electron chi connectivity index (χ0n) is 10.7. The number of hydrogen-bond donors (Lipinski definition) is 1. The van der Waals surface area contributed by atoms with E-state index < -0.39 is 28.0 Å². The van der Waals surface area contributed by atoms with Gasteiger partial charge in [0.2, 0.25) is 10.0 Å². The zero-order valence-corrected chi connectivity index (χ0v) is 11.5. The second-order valence-electron chi connectivity index (χ2n) is 4.12. The maximum atomic E-state index is 12.2. The normalized spacial score (nSPS) is 18.6. The van der Waals surface area contributed by atoms with Crippen LogP contribution < -0.4 is 4.72 Å². The van der Waals surface area contributed by atoms with E-state index in [4.69, 9.17) is 0 Å². The molecule has 1 aliphatic rings. The molecule has 108 valence electrons. The highest BCUT2D eigenvalue weighted by Gasteiger charge is 2.32. The molecule has 1 unspecified atom stereocenters. The van der Waals surface area contributed by atoms with E-state index in [2.05, 4.69) is 14.2 Å². The SMILES string of the molecule is COC(=O)c1ccccc1S(=O)(=O)NC1CCOC1=O. The Kier molecular flexibility index (Phi) is 4.05. The van der Waals surface area contributed by atoms with Gasteiger partial charge in [-0.25, -0.2) is 13.2 Å². The Hall–Kier alpha value is -1.93. The fourth-order valence-electron chi connectivity index (χ4n) is 1.83. The summed E-state index contributed by atoms with van der Waals surface area (Å²) in [6.07, 6.45) is 0.262. The summed E-state index contributed by atoms with van der Waals surface area (Å²) in [6.45, 7) is 0.171. The Morgan fingerprint density at radius 1 is 1.40 bits per heavy atom. The highest BCUT2D eigenvalue weighted by Crippen LogP contribution is 2.18. The zero-order chi connectivity index (χ0) is 14.8. The predicted molar refractivity (Wildman–Crippen MR) is 67.5 cm³/mol. The van der Waals surface area contributed by atoms with E-state index >= 15 is 0 Å². The molecule has 0 amide bonds. The minimum Gasteiger partial charge on any atom is -0.465 e. The molecule has 1 aromatic rings. The van der Waals surface area contributed by atoms with Crippen molar-refractivity contribution in [1.82, 2.24) is 4.72 Å². The third-order valence-corrected chi connectivity index (χ3v) is 4.34. The Balaban J connectivity index is 2.34. The van der Waals surface area contributed by atoms with Crippen LogP contribution in [0.4, 0.5) is 0 Å². The molecule has 1 fully saturated rings. The van der Waals surface area contributed by atoms with Gasteiger partial charge >= 0.3 is 11.9 Å². The summed E-state index contributed by atoms with van der Waals surface area (Å²) in [5.74, 6) is -1.39. The van der Waals surface area contributed by atoms with Gasteiger partial charge in [-0.1, -0.05) is 12.1 Å². The van der Waals surface area contributed by atoms with Gasteiger partial charge in [-0.3, -0.25) is 4.79 Å². The number of ether oxygens (including phenoxy) is 2. The number of methoxy groups -OCH3 is 1. The van der Waals surface area contributed by atoms with E-state index in [1.807, 2.05) is 0 Å². The number of cyclic esters (lactones) is 1. The molecule has 7 nitrogen and oxygen atoms in total. The van der Waals surface area contributed by atoms with Crippen molar-refractivity contribution in [3.05, 3.63) is 29.8 Å². The van der Waals surface area contributed by atoms with Crippen molar-refractivity contribution in [2.75, 3.05) is 13.7 Å². The summed E-state index contributed by atoms with van der Waals surface area (Å²) >= 11 is 0. The van der Waals surface area contributed by atoms with Gasteiger partial charge in [-0.05, 0) is 12.1 Å². The van der Waals surface area contributed by atoms with Crippen LogP contribution in [0, 0.1) is 0 Å². The number of esters is 2. The van der Waals surface area contributed by atoms with Crippen LogP contribution in [0.5, 0.6) is 0 Å². The van der Waals surface area contributed by atoms with Crippen LogP contribution in [0.3, 0.4) is 0 Å². The highest BCUT2D eigenvalue weighted by molar-refractivity contribution is 7.89. The maximum Gasteiger partial charge on any atom is 0.339 e. The molecule has 1 atom stereocenters. The third kappa shape index (κ3) is 2.81. The number of hydrogen-bond acceptors (Lipinski definition) is 6. The van der Waals surface area contributed by atoms with Gasteiger partial charge in [0.25, 0.3) is 0 Å². The van der Waals surface area contributed by atoms with Crippen LogP contribution in [0.2, 0.25) is 0 Å². The van der Waals surface area contributed by atoms with Gasteiger partial charge in [0.15, 0.2) is 0 Å². The molecule has 1 aromatic carbocycles. The lowest BCUT2D eigenvalue weighted by molar-refractivity contribution is -0.139. The van der Waals surface area contributed by atoms with Gasteiger partial charge in [-0.2, -0.15) is 4.72 Å². The van der Waals surface area contributed by atoms with Crippen LogP contribution in [-0.4, -0.2) is 40.1 Å². The molecule has 0 bridgehead atoms. The number of carbonyl (C=O) groups is 2. The largest absolute Gasteiger partial charge is 0.465 e. The molecule has 1 saturated heterocycles. The lowest BCUT2D eigenvalue weighted by atomic mass is 10.2. The summed E-state index contributed by atoms with van der Waals surface area (Å²) < 4.78 is 36.0. The fraction of sp³-hybridized carbons (Fsp3) is 0.333. The highest BCUT2D eigenvalue weighted by atomic mass is 32.2. The monoisotopic (exact) mass is 299 g/mol. The molecule has 2 rings (SSSR count). The van der Waals surface area contributed by atoms with E-state index in [1.54, 1.807) is 0 Å². The summed E-state index contributed by atoms with van der Waals surface area (Å²) in [6, 6.07) is 4.69. The summed E-state index contributed by atoms with van der Waals surface area (Å²) in [5.41, 5.74) is -0.0890. The molecule has 0 aromatic heterocycles. The molecule has 1 heterocycles. The molecule has 1 aliphatic heterocycles. The average Bonchev–Trinajstić information content (AvgIpc) is 2.83.